The maximum Gasteiger partial charge on any atom is 0.259 e. The van der Waals surface area contributed by atoms with Crippen LogP contribution in [0.2, 0.25) is 0 Å². The van der Waals surface area contributed by atoms with Crippen molar-refractivity contribution in [3.05, 3.63) is 33.7 Å². The minimum Gasteiger partial charge on any atom is -0.390 e. The van der Waals surface area contributed by atoms with Gasteiger partial charge in [-0.2, -0.15) is 0 Å². The summed E-state index contributed by atoms with van der Waals surface area (Å²) in [6.07, 6.45) is 2.36. The minimum absolute atomic E-state index is 0.0563. The summed E-state index contributed by atoms with van der Waals surface area (Å²) in [6, 6.07) is 1.48. The third kappa shape index (κ3) is 2.77. The molecule has 0 radical (unpaired) electrons. The molecule has 1 fully saturated rings. The van der Waals surface area contributed by atoms with Crippen LogP contribution in [0.4, 0.5) is 0 Å². The Morgan fingerprint density at radius 3 is 2.65 bits per heavy atom. The molecule has 1 aliphatic rings. The van der Waals surface area contributed by atoms with Crippen LogP contribution in [-0.4, -0.2) is 39.2 Å². The Hall–Kier alpha value is -1.62. The summed E-state index contributed by atoms with van der Waals surface area (Å²) in [5.41, 5.74) is -0.0121. The van der Waals surface area contributed by atoms with E-state index in [-0.39, 0.29) is 22.8 Å². The van der Waals surface area contributed by atoms with Gasteiger partial charge in [-0.3, -0.25) is 9.59 Å². The smallest absolute Gasteiger partial charge is 0.259 e. The molecule has 1 saturated heterocycles. The van der Waals surface area contributed by atoms with Crippen molar-refractivity contribution in [1.82, 2.24) is 9.47 Å². The van der Waals surface area contributed by atoms with Crippen LogP contribution in [0.25, 0.3) is 0 Å². The van der Waals surface area contributed by atoms with E-state index in [0.29, 0.717) is 13.1 Å². The molecule has 2 heterocycles. The van der Waals surface area contributed by atoms with Crippen molar-refractivity contribution < 1.29 is 9.90 Å². The molecule has 0 bridgehead atoms. The first kappa shape index (κ1) is 14.8. The van der Waals surface area contributed by atoms with Gasteiger partial charge in [0.25, 0.3) is 5.91 Å². The van der Waals surface area contributed by atoms with Gasteiger partial charge in [0, 0.05) is 44.0 Å². The molecule has 1 amide bonds. The van der Waals surface area contributed by atoms with Gasteiger partial charge in [0.1, 0.15) is 5.56 Å². The van der Waals surface area contributed by atoms with Crippen LogP contribution in [0.15, 0.2) is 17.1 Å². The first-order chi connectivity index (χ1) is 9.20. The Morgan fingerprint density at radius 2 is 2.10 bits per heavy atom. The molecule has 5 heteroatoms. The van der Waals surface area contributed by atoms with Crippen LogP contribution >= 0.6 is 0 Å². The van der Waals surface area contributed by atoms with Gasteiger partial charge in [0.05, 0.1) is 5.60 Å². The Balaban J connectivity index is 2.22. The Bertz CT molecular complexity index is 584. The number of aliphatic hydroxyl groups is 1. The van der Waals surface area contributed by atoms with E-state index in [2.05, 4.69) is 0 Å². The Labute approximate surface area is 118 Å². The van der Waals surface area contributed by atoms with E-state index in [0.717, 1.165) is 12.1 Å². The quantitative estimate of drug-likeness (QED) is 0.875. The van der Waals surface area contributed by atoms with Crippen LogP contribution in [0, 0.1) is 12.8 Å². The number of carbonyl (C=O) groups excluding carboxylic acids is 1. The molecule has 0 aromatic carbocycles. The topological polar surface area (TPSA) is 62.5 Å². The lowest BCUT2D eigenvalue weighted by Crippen LogP contribution is -2.37. The first-order valence-corrected chi connectivity index (χ1v) is 6.89. The number of aryl methyl sites for hydroxylation is 2. The SMILES string of the molecule is Cc1cc(=O)c(C(=O)N2CC[C@@H](C(C)(C)O)C2)cn1C. The molecule has 110 valence electrons. The number of likely N-dealkylation sites (tertiary alicyclic amines) is 1. The number of hydrogen-bond donors (Lipinski definition) is 1. The summed E-state index contributed by atoms with van der Waals surface area (Å²) < 4.78 is 1.78. The molecule has 2 rings (SSSR count). The highest BCUT2D eigenvalue weighted by Gasteiger charge is 2.36. The van der Waals surface area contributed by atoms with Crippen molar-refractivity contribution in [2.24, 2.45) is 13.0 Å². The Morgan fingerprint density at radius 1 is 1.45 bits per heavy atom. The molecular weight excluding hydrogens is 256 g/mol. The average molecular weight is 278 g/mol. The highest BCUT2D eigenvalue weighted by Crippen LogP contribution is 2.27. The van der Waals surface area contributed by atoms with Crippen LogP contribution < -0.4 is 5.43 Å². The van der Waals surface area contributed by atoms with Crippen molar-refractivity contribution in [3.63, 3.8) is 0 Å². The molecule has 1 atom stereocenters. The summed E-state index contributed by atoms with van der Waals surface area (Å²) in [4.78, 5) is 26.1. The van der Waals surface area contributed by atoms with E-state index in [1.54, 1.807) is 29.5 Å². The lowest BCUT2D eigenvalue weighted by atomic mass is 9.90. The number of pyridine rings is 1. The number of carbonyl (C=O) groups is 1. The fourth-order valence-electron chi connectivity index (χ4n) is 2.58. The van der Waals surface area contributed by atoms with E-state index in [1.807, 2.05) is 14.0 Å². The monoisotopic (exact) mass is 278 g/mol. The molecule has 1 aromatic heterocycles. The molecule has 5 nitrogen and oxygen atoms in total. The Kier molecular flexibility index (Phi) is 3.73. The van der Waals surface area contributed by atoms with Gasteiger partial charge in [0.15, 0.2) is 5.43 Å². The third-order valence-electron chi connectivity index (χ3n) is 4.19. The number of nitrogens with zero attached hydrogens (tertiary/aromatic N) is 2. The van der Waals surface area contributed by atoms with Crippen molar-refractivity contribution in [2.75, 3.05) is 13.1 Å². The highest BCUT2D eigenvalue weighted by atomic mass is 16.3. The molecule has 1 N–H and O–H groups in total. The van der Waals surface area contributed by atoms with E-state index >= 15 is 0 Å². The molecule has 0 spiro atoms. The van der Waals surface area contributed by atoms with E-state index < -0.39 is 5.60 Å². The van der Waals surface area contributed by atoms with Gasteiger partial charge >= 0.3 is 0 Å². The zero-order valence-corrected chi connectivity index (χ0v) is 12.5. The molecular formula is C15H22N2O3. The second kappa shape index (κ2) is 5.05. The molecule has 1 aromatic rings. The van der Waals surface area contributed by atoms with Crippen molar-refractivity contribution in [2.45, 2.75) is 32.8 Å². The maximum absolute atomic E-state index is 12.4. The van der Waals surface area contributed by atoms with E-state index in [4.69, 9.17) is 0 Å². The van der Waals surface area contributed by atoms with Crippen LogP contribution in [-0.2, 0) is 7.05 Å². The van der Waals surface area contributed by atoms with Crippen molar-refractivity contribution in [1.29, 1.82) is 0 Å². The fraction of sp³-hybridized carbons (Fsp3) is 0.600. The number of rotatable bonds is 2. The van der Waals surface area contributed by atoms with Crippen LogP contribution in [0.3, 0.4) is 0 Å². The molecule has 0 saturated carbocycles. The number of hydrogen-bond acceptors (Lipinski definition) is 3. The van der Waals surface area contributed by atoms with Crippen LogP contribution in [0.5, 0.6) is 0 Å². The molecule has 0 aliphatic carbocycles. The van der Waals surface area contributed by atoms with Crippen molar-refractivity contribution >= 4 is 5.91 Å². The van der Waals surface area contributed by atoms with Crippen molar-refractivity contribution in [3.8, 4) is 0 Å². The summed E-state index contributed by atoms with van der Waals surface area (Å²) in [5.74, 6) is -0.182. The zero-order valence-electron chi connectivity index (χ0n) is 12.5. The summed E-state index contributed by atoms with van der Waals surface area (Å²) in [7, 11) is 1.81. The van der Waals surface area contributed by atoms with Gasteiger partial charge in [0.2, 0.25) is 0 Å². The van der Waals surface area contributed by atoms with E-state index in [1.165, 1.54) is 6.07 Å². The predicted molar refractivity (Wildman–Crippen MR) is 76.7 cm³/mol. The average Bonchev–Trinajstić information content (AvgIpc) is 2.82. The third-order valence-corrected chi connectivity index (χ3v) is 4.19. The van der Waals surface area contributed by atoms with Gasteiger partial charge in [-0.25, -0.2) is 0 Å². The second-order valence-electron chi connectivity index (χ2n) is 6.19. The minimum atomic E-state index is -0.798. The number of amides is 1. The van der Waals surface area contributed by atoms with Gasteiger partial charge in [-0.1, -0.05) is 0 Å². The first-order valence-electron chi connectivity index (χ1n) is 6.89. The van der Waals surface area contributed by atoms with E-state index in [9.17, 15) is 14.7 Å². The standard InChI is InChI=1S/C15H22N2O3/c1-10-7-13(18)12(9-16(10)4)14(19)17-6-5-11(8-17)15(2,3)20/h7,9,11,20H,5-6,8H2,1-4H3/t11-/m1/s1. The predicted octanol–water partition coefficient (Wildman–Crippen LogP) is 0.927. The highest BCUT2D eigenvalue weighted by molar-refractivity contribution is 5.94. The second-order valence-corrected chi connectivity index (χ2v) is 6.19. The molecule has 0 unspecified atom stereocenters. The lowest BCUT2D eigenvalue weighted by molar-refractivity contribution is 0.0211. The summed E-state index contributed by atoms with van der Waals surface area (Å²) in [6.45, 7) is 6.44. The maximum atomic E-state index is 12.4. The van der Waals surface area contributed by atoms with Gasteiger partial charge in [-0.05, 0) is 27.2 Å². The van der Waals surface area contributed by atoms with Gasteiger partial charge < -0.3 is 14.6 Å². The number of aromatic nitrogens is 1. The summed E-state index contributed by atoms with van der Waals surface area (Å²) in [5, 5.41) is 10.0. The van der Waals surface area contributed by atoms with Gasteiger partial charge in [-0.15, -0.1) is 0 Å². The zero-order chi connectivity index (χ0) is 15.1. The lowest BCUT2D eigenvalue weighted by Gasteiger charge is -2.25. The normalized spacial score (nSPS) is 19.4. The largest absolute Gasteiger partial charge is 0.390 e. The fourth-order valence-corrected chi connectivity index (χ4v) is 2.58. The molecule has 20 heavy (non-hydrogen) atoms. The molecule has 1 aliphatic heterocycles. The van der Waals surface area contributed by atoms with Crippen LogP contribution in [0.1, 0.15) is 36.3 Å². The summed E-state index contributed by atoms with van der Waals surface area (Å²) >= 11 is 0.